The van der Waals surface area contributed by atoms with Crippen LogP contribution in [0, 0.1) is 11.8 Å². The van der Waals surface area contributed by atoms with Crippen molar-refractivity contribution in [3.05, 3.63) is 0 Å². The third-order valence-corrected chi connectivity index (χ3v) is 4.68. The molecule has 1 heterocycles. The molecule has 1 saturated heterocycles. The first-order valence-corrected chi connectivity index (χ1v) is 7.10. The van der Waals surface area contributed by atoms with E-state index in [1.165, 1.54) is 13.8 Å². The van der Waals surface area contributed by atoms with Crippen LogP contribution in [0.5, 0.6) is 0 Å². The monoisotopic (exact) mass is 233 g/mol. The fourth-order valence-electron chi connectivity index (χ4n) is 1.58. The Morgan fingerprint density at radius 3 is 2.40 bits per heavy atom. The number of hydrogen-bond donors (Lipinski definition) is 1. The first-order valence-electron chi connectivity index (χ1n) is 4.84. The highest BCUT2D eigenvalue weighted by Crippen LogP contribution is 2.43. The average Bonchev–Trinajstić information content (AvgIpc) is 2.39. The summed E-state index contributed by atoms with van der Waals surface area (Å²) in [5.74, 6) is -1.19. The summed E-state index contributed by atoms with van der Waals surface area (Å²) in [5.41, 5.74) is 0. The van der Waals surface area contributed by atoms with Gasteiger partial charge < -0.3 is 4.52 Å². The average molecular weight is 233 g/mol. The van der Waals surface area contributed by atoms with Crippen molar-refractivity contribution in [1.82, 2.24) is 5.32 Å². The molecular weight excluding hydrogens is 217 g/mol. The molecule has 0 saturated carbocycles. The maximum atomic E-state index is 11.6. The minimum absolute atomic E-state index is 0.242. The molecule has 0 bridgehead atoms. The molecule has 1 rings (SSSR count). The molecular formula is C9H16NO4P. The van der Waals surface area contributed by atoms with E-state index in [9.17, 15) is 14.2 Å². The minimum Gasteiger partial charge on any atom is -0.332 e. The van der Waals surface area contributed by atoms with E-state index in [0.29, 0.717) is 12.6 Å². The van der Waals surface area contributed by atoms with Crippen LogP contribution in [0.15, 0.2) is 0 Å². The Morgan fingerprint density at radius 1 is 1.40 bits per heavy atom. The van der Waals surface area contributed by atoms with Crippen molar-refractivity contribution < 1.29 is 18.7 Å². The lowest BCUT2D eigenvalue weighted by Gasteiger charge is -2.14. The summed E-state index contributed by atoms with van der Waals surface area (Å²) in [4.78, 5) is 22.5. The van der Waals surface area contributed by atoms with Crippen LogP contribution < -0.4 is 5.32 Å². The topological polar surface area (TPSA) is 72.5 Å². The number of carbonyl (C=O) groups is 2. The van der Waals surface area contributed by atoms with Crippen LogP contribution in [-0.4, -0.2) is 31.8 Å². The zero-order valence-electron chi connectivity index (χ0n) is 9.15. The standard InChI is InChI=1S/C9H16NO4P/c1-6-7(9(12)10-8(6)11)4-5-15(3,13)14-2/h6-7H,4-5H2,1-3H3,(H,10,11,12). The number of imide groups is 1. The molecule has 0 aromatic heterocycles. The first kappa shape index (κ1) is 12.4. The van der Waals surface area contributed by atoms with Crippen LogP contribution in [0.3, 0.4) is 0 Å². The Bertz CT molecular complexity index is 328. The first-order chi connectivity index (χ1) is 6.87. The van der Waals surface area contributed by atoms with Crippen LogP contribution in [0.2, 0.25) is 0 Å². The van der Waals surface area contributed by atoms with Gasteiger partial charge in [-0.15, -0.1) is 0 Å². The fourth-order valence-corrected chi connectivity index (χ4v) is 2.51. The van der Waals surface area contributed by atoms with E-state index in [0.717, 1.165) is 0 Å². The highest BCUT2D eigenvalue weighted by molar-refractivity contribution is 7.58. The highest BCUT2D eigenvalue weighted by Gasteiger charge is 2.38. The summed E-state index contributed by atoms with van der Waals surface area (Å²) in [6.45, 7) is 3.24. The molecule has 2 amide bonds. The second-order valence-corrected chi connectivity index (χ2v) is 6.80. The van der Waals surface area contributed by atoms with Crippen molar-refractivity contribution >= 4 is 19.2 Å². The number of amides is 2. The van der Waals surface area contributed by atoms with Crippen molar-refractivity contribution in [2.45, 2.75) is 13.3 Å². The van der Waals surface area contributed by atoms with E-state index < -0.39 is 7.37 Å². The third kappa shape index (κ3) is 2.89. The largest absolute Gasteiger partial charge is 0.332 e. The lowest BCUT2D eigenvalue weighted by atomic mass is 9.94. The van der Waals surface area contributed by atoms with Crippen molar-refractivity contribution in [2.24, 2.45) is 11.8 Å². The summed E-state index contributed by atoms with van der Waals surface area (Å²) < 4.78 is 16.4. The predicted octanol–water partition coefficient (Wildman–Crippen LogP) is 0.839. The van der Waals surface area contributed by atoms with Gasteiger partial charge in [0.25, 0.3) is 0 Å². The lowest BCUT2D eigenvalue weighted by molar-refractivity contribution is -0.126. The van der Waals surface area contributed by atoms with E-state index in [1.54, 1.807) is 6.92 Å². The van der Waals surface area contributed by atoms with E-state index in [4.69, 9.17) is 4.52 Å². The number of hydrogen-bond acceptors (Lipinski definition) is 4. The second kappa shape index (κ2) is 4.45. The van der Waals surface area contributed by atoms with Crippen molar-refractivity contribution in [3.8, 4) is 0 Å². The molecule has 1 aliphatic rings. The van der Waals surface area contributed by atoms with Crippen LogP contribution in [0.1, 0.15) is 13.3 Å². The Hall–Kier alpha value is -0.670. The van der Waals surface area contributed by atoms with Crippen LogP contribution >= 0.6 is 7.37 Å². The van der Waals surface area contributed by atoms with E-state index >= 15 is 0 Å². The summed E-state index contributed by atoms with van der Waals surface area (Å²) in [6.07, 6.45) is 0.763. The maximum absolute atomic E-state index is 11.6. The molecule has 1 aliphatic heterocycles. The zero-order valence-corrected chi connectivity index (χ0v) is 10.0. The molecule has 5 nitrogen and oxygen atoms in total. The van der Waals surface area contributed by atoms with E-state index in [2.05, 4.69) is 5.32 Å². The predicted molar refractivity (Wildman–Crippen MR) is 55.8 cm³/mol. The Labute approximate surface area is 89.0 Å². The van der Waals surface area contributed by atoms with Gasteiger partial charge in [0.15, 0.2) is 7.37 Å². The lowest BCUT2D eigenvalue weighted by Crippen LogP contribution is -2.22. The SMILES string of the molecule is COP(C)(=O)CCC1C(=O)NC(=O)C1C. The van der Waals surface area contributed by atoms with Gasteiger partial charge in [-0.3, -0.25) is 19.5 Å². The summed E-state index contributed by atoms with van der Waals surface area (Å²) in [6, 6.07) is 0. The van der Waals surface area contributed by atoms with Gasteiger partial charge in [-0.2, -0.15) is 0 Å². The number of carbonyl (C=O) groups excluding carboxylic acids is 2. The summed E-state index contributed by atoms with van der Waals surface area (Å²) in [7, 11) is -1.20. The van der Waals surface area contributed by atoms with Gasteiger partial charge in [0.1, 0.15) is 0 Å². The van der Waals surface area contributed by atoms with Crippen molar-refractivity contribution in [3.63, 3.8) is 0 Å². The van der Waals surface area contributed by atoms with Crippen LogP contribution in [0.25, 0.3) is 0 Å². The van der Waals surface area contributed by atoms with Gasteiger partial charge in [0, 0.05) is 25.9 Å². The number of nitrogens with one attached hydrogen (secondary N) is 1. The second-order valence-electron chi connectivity index (χ2n) is 3.96. The summed E-state index contributed by atoms with van der Waals surface area (Å²) >= 11 is 0. The van der Waals surface area contributed by atoms with Gasteiger partial charge in [-0.1, -0.05) is 6.92 Å². The van der Waals surface area contributed by atoms with Crippen LogP contribution in [-0.2, 0) is 18.7 Å². The molecule has 1 fully saturated rings. The van der Waals surface area contributed by atoms with E-state index in [1.807, 2.05) is 0 Å². The van der Waals surface area contributed by atoms with Crippen molar-refractivity contribution in [1.29, 1.82) is 0 Å². The van der Waals surface area contributed by atoms with Gasteiger partial charge in [0.05, 0.1) is 5.92 Å². The van der Waals surface area contributed by atoms with Crippen molar-refractivity contribution in [2.75, 3.05) is 19.9 Å². The molecule has 6 heteroatoms. The maximum Gasteiger partial charge on any atom is 0.230 e. The molecule has 0 radical (unpaired) electrons. The highest BCUT2D eigenvalue weighted by atomic mass is 31.2. The Balaban J connectivity index is 2.56. The molecule has 15 heavy (non-hydrogen) atoms. The van der Waals surface area contributed by atoms with Crippen LogP contribution in [0.4, 0.5) is 0 Å². The molecule has 1 N–H and O–H groups in total. The van der Waals surface area contributed by atoms with Gasteiger partial charge in [-0.05, 0) is 6.42 Å². The third-order valence-electron chi connectivity index (χ3n) is 2.83. The van der Waals surface area contributed by atoms with Gasteiger partial charge in [0.2, 0.25) is 11.8 Å². The van der Waals surface area contributed by atoms with Gasteiger partial charge in [-0.25, -0.2) is 0 Å². The molecule has 3 atom stereocenters. The van der Waals surface area contributed by atoms with Gasteiger partial charge >= 0.3 is 0 Å². The molecule has 86 valence electrons. The summed E-state index contributed by atoms with van der Waals surface area (Å²) in [5, 5.41) is 2.26. The number of rotatable bonds is 4. The zero-order chi connectivity index (χ0) is 11.6. The minimum atomic E-state index is -2.59. The molecule has 0 aromatic carbocycles. The van der Waals surface area contributed by atoms with E-state index in [-0.39, 0.29) is 23.7 Å². The Morgan fingerprint density at radius 2 is 2.00 bits per heavy atom. The molecule has 0 aliphatic carbocycles. The molecule has 3 unspecified atom stereocenters. The Kier molecular flexibility index (Phi) is 3.68. The quantitative estimate of drug-likeness (QED) is 0.577. The normalized spacial score (nSPS) is 30.1. The fraction of sp³-hybridized carbons (Fsp3) is 0.778. The smallest absolute Gasteiger partial charge is 0.230 e. The molecule has 0 aromatic rings. The molecule has 0 spiro atoms.